The van der Waals surface area contributed by atoms with Crippen LogP contribution < -0.4 is 5.32 Å². The molecule has 1 aliphatic heterocycles. The Kier molecular flexibility index (Phi) is 4.16. The first kappa shape index (κ1) is 17.6. The van der Waals surface area contributed by atoms with Crippen LogP contribution in [0.25, 0.3) is 10.9 Å². The lowest BCUT2D eigenvalue weighted by Gasteiger charge is -2.34. The summed E-state index contributed by atoms with van der Waals surface area (Å²) in [5.41, 5.74) is 6.31. The van der Waals surface area contributed by atoms with Gasteiger partial charge in [-0.15, -0.1) is 0 Å². The molecule has 3 aromatic rings. The Hall–Kier alpha value is -3.47. The van der Waals surface area contributed by atoms with Crippen LogP contribution in [0.4, 0.5) is 5.69 Å². The Bertz CT molecular complexity index is 1180. The van der Waals surface area contributed by atoms with E-state index in [9.17, 15) is 9.59 Å². The number of carbonyl (C=O) groups is 2. The highest BCUT2D eigenvalue weighted by Crippen LogP contribution is 2.47. The average molecular weight is 384 g/mol. The number of allylic oxidation sites excluding steroid dienone is 2. The monoisotopic (exact) mass is 384 g/mol. The Balaban J connectivity index is 1.75. The van der Waals surface area contributed by atoms with E-state index in [2.05, 4.69) is 16.4 Å². The van der Waals surface area contributed by atoms with Crippen molar-refractivity contribution < 1.29 is 14.3 Å². The number of hydrogen-bond acceptors (Lipinski definition) is 5. The molecule has 0 saturated heterocycles. The number of rotatable bonds is 2. The average Bonchev–Trinajstić information content (AvgIpc) is 2.77. The Morgan fingerprint density at radius 1 is 1.10 bits per heavy atom. The molecule has 144 valence electrons. The highest BCUT2D eigenvalue weighted by atomic mass is 16.5. The lowest BCUT2D eigenvalue weighted by Crippen LogP contribution is -2.27. The molecule has 1 atom stereocenters. The van der Waals surface area contributed by atoms with Crippen LogP contribution in [0.15, 0.2) is 66.0 Å². The van der Waals surface area contributed by atoms with Gasteiger partial charge in [0.15, 0.2) is 5.78 Å². The molecule has 0 fully saturated rings. The third kappa shape index (κ3) is 2.81. The van der Waals surface area contributed by atoms with Crippen molar-refractivity contribution in [3.8, 4) is 0 Å². The summed E-state index contributed by atoms with van der Waals surface area (Å²) in [6.45, 7) is 0. The van der Waals surface area contributed by atoms with Crippen molar-refractivity contribution in [2.75, 3.05) is 12.4 Å². The number of esters is 1. The zero-order valence-electron chi connectivity index (χ0n) is 16.1. The molecule has 0 saturated carbocycles. The minimum absolute atomic E-state index is 0.186. The van der Waals surface area contributed by atoms with Crippen molar-refractivity contribution in [1.29, 1.82) is 0 Å². The summed E-state index contributed by atoms with van der Waals surface area (Å²) in [5.74, 6) is -0.369. The summed E-state index contributed by atoms with van der Waals surface area (Å²) in [7, 11) is 1.37. The number of ether oxygens (including phenoxy) is 1. The highest BCUT2D eigenvalue weighted by molar-refractivity contribution is 6.03. The minimum Gasteiger partial charge on any atom is -0.465 e. The number of carbonyl (C=O) groups excluding carboxylic acids is 2. The fraction of sp³-hybridized carbons (Fsp3) is 0.208. The standard InChI is InChI=1S/C24H20N2O3/c1-29-24(28)15-9-7-14(8-10-15)21-22-16-4-3-13-25-17(16)11-12-19(22)26-18-5-2-6-20(27)23(18)21/h3-4,7-13,21,26H,2,5-6H2,1H3/t21-/m1/s1. The molecular formula is C24H20N2O3. The number of hydrogen-bond donors (Lipinski definition) is 1. The van der Waals surface area contributed by atoms with E-state index in [1.165, 1.54) is 7.11 Å². The number of pyridine rings is 1. The Morgan fingerprint density at radius 2 is 1.93 bits per heavy atom. The molecule has 1 aromatic heterocycles. The van der Waals surface area contributed by atoms with E-state index in [1.807, 2.05) is 30.3 Å². The first-order chi connectivity index (χ1) is 14.2. The first-order valence-electron chi connectivity index (χ1n) is 9.76. The van der Waals surface area contributed by atoms with Gasteiger partial charge in [-0.3, -0.25) is 9.78 Å². The quantitative estimate of drug-likeness (QED) is 0.655. The molecular weight excluding hydrogens is 364 g/mol. The van der Waals surface area contributed by atoms with Gasteiger partial charge in [-0.1, -0.05) is 18.2 Å². The molecule has 1 N–H and O–H groups in total. The van der Waals surface area contributed by atoms with Crippen LogP contribution >= 0.6 is 0 Å². The van der Waals surface area contributed by atoms with Crippen LogP contribution in [-0.2, 0) is 9.53 Å². The van der Waals surface area contributed by atoms with E-state index in [-0.39, 0.29) is 17.7 Å². The summed E-state index contributed by atoms with van der Waals surface area (Å²) < 4.78 is 4.82. The summed E-state index contributed by atoms with van der Waals surface area (Å²) in [6, 6.07) is 15.4. The summed E-state index contributed by atoms with van der Waals surface area (Å²) >= 11 is 0. The fourth-order valence-corrected chi connectivity index (χ4v) is 4.49. The molecule has 2 aromatic carbocycles. The second-order valence-electron chi connectivity index (χ2n) is 7.44. The Labute approximate surface area is 168 Å². The predicted molar refractivity (Wildman–Crippen MR) is 111 cm³/mol. The van der Waals surface area contributed by atoms with E-state index in [0.717, 1.165) is 51.8 Å². The van der Waals surface area contributed by atoms with Crippen LogP contribution in [0, 0.1) is 0 Å². The van der Waals surface area contributed by atoms with E-state index in [1.54, 1.807) is 18.3 Å². The number of fused-ring (bicyclic) bond motifs is 3. The summed E-state index contributed by atoms with van der Waals surface area (Å²) in [5, 5.41) is 4.55. The lowest BCUT2D eigenvalue weighted by atomic mass is 9.74. The fourth-order valence-electron chi connectivity index (χ4n) is 4.49. The van der Waals surface area contributed by atoms with Gasteiger partial charge in [0, 0.05) is 40.9 Å². The summed E-state index contributed by atoms with van der Waals surface area (Å²) in [4.78, 5) is 29.3. The molecule has 2 heterocycles. The smallest absolute Gasteiger partial charge is 0.337 e. The van der Waals surface area contributed by atoms with Crippen LogP contribution in [0.5, 0.6) is 0 Å². The predicted octanol–water partition coefficient (Wildman–Crippen LogP) is 4.59. The zero-order chi connectivity index (χ0) is 20.0. The maximum Gasteiger partial charge on any atom is 0.337 e. The van der Waals surface area contributed by atoms with Crippen LogP contribution in [0.3, 0.4) is 0 Å². The molecule has 5 rings (SSSR count). The second kappa shape index (κ2) is 6.85. The number of aromatic nitrogens is 1. The SMILES string of the molecule is COC(=O)c1ccc([C@H]2C3=C(CCCC3=O)Nc3ccc4ncccc4c32)cc1. The molecule has 0 radical (unpaired) electrons. The third-order valence-corrected chi connectivity index (χ3v) is 5.81. The van der Waals surface area contributed by atoms with Gasteiger partial charge in [0.1, 0.15) is 0 Å². The third-order valence-electron chi connectivity index (χ3n) is 5.81. The van der Waals surface area contributed by atoms with Gasteiger partial charge < -0.3 is 10.1 Å². The second-order valence-corrected chi connectivity index (χ2v) is 7.44. The van der Waals surface area contributed by atoms with Gasteiger partial charge in [0.2, 0.25) is 0 Å². The molecule has 5 nitrogen and oxygen atoms in total. The van der Waals surface area contributed by atoms with Crippen molar-refractivity contribution in [1.82, 2.24) is 4.98 Å². The number of anilines is 1. The molecule has 0 bridgehead atoms. The molecule has 0 amide bonds. The van der Waals surface area contributed by atoms with E-state index < -0.39 is 0 Å². The maximum atomic E-state index is 13.0. The van der Waals surface area contributed by atoms with Gasteiger partial charge >= 0.3 is 5.97 Å². The van der Waals surface area contributed by atoms with Gasteiger partial charge in [0.05, 0.1) is 18.2 Å². The van der Waals surface area contributed by atoms with Crippen LogP contribution in [0.1, 0.15) is 46.7 Å². The zero-order valence-corrected chi connectivity index (χ0v) is 16.1. The van der Waals surface area contributed by atoms with Crippen molar-refractivity contribution in [2.24, 2.45) is 0 Å². The van der Waals surface area contributed by atoms with Gasteiger partial charge in [0.25, 0.3) is 0 Å². The van der Waals surface area contributed by atoms with Gasteiger partial charge in [-0.25, -0.2) is 4.79 Å². The van der Waals surface area contributed by atoms with Gasteiger partial charge in [-0.2, -0.15) is 0 Å². The first-order valence-corrected chi connectivity index (χ1v) is 9.76. The summed E-state index contributed by atoms with van der Waals surface area (Å²) in [6.07, 6.45) is 4.07. The maximum absolute atomic E-state index is 13.0. The number of Topliss-reactive ketones (excluding diaryl/α,β-unsaturated/α-hetero) is 1. The normalized spacial score (nSPS) is 18.1. The molecule has 1 aliphatic carbocycles. The Morgan fingerprint density at radius 3 is 2.72 bits per heavy atom. The number of ketones is 1. The number of methoxy groups -OCH3 is 1. The molecule has 0 spiro atoms. The molecule has 2 aliphatic rings. The van der Waals surface area contributed by atoms with Gasteiger partial charge in [-0.05, 0) is 54.3 Å². The molecule has 5 heteroatoms. The number of benzene rings is 2. The van der Waals surface area contributed by atoms with E-state index in [4.69, 9.17) is 4.74 Å². The topological polar surface area (TPSA) is 68.3 Å². The van der Waals surface area contributed by atoms with Crippen molar-refractivity contribution in [3.63, 3.8) is 0 Å². The number of nitrogens with zero attached hydrogens (tertiary/aromatic N) is 1. The van der Waals surface area contributed by atoms with Crippen molar-refractivity contribution >= 4 is 28.3 Å². The van der Waals surface area contributed by atoms with Crippen molar-refractivity contribution in [2.45, 2.75) is 25.2 Å². The van der Waals surface area contributed by atoms with E-state index >= 15 is 0 Å². The number of nitrogens with one attached hydrogen (secondary N) is 1. The molecule has 29 heavy (non-hydrogen) atoms. The lowest BCUT2D eigenvalue weighted by molar-refractivity contribution is -0.116. The minimum atomic E-state index is -0.370. The van der Waals surface area contributed by atoms with Crippen LogP contribution in [-0.4, -0.2) is 23.8 Å². The molecule has 0 unspecified atom stereocenters. The van der Waals surface area contributed by atoms with E-state index in [0.29, 0.717) is 12.0 Å². The highest BCUT2D eigenvalue weighted by Gasteiger charge is 2.36. The largest absolute Gasteiger partial charge is 0.465 e. The van der Waals surface area contributed by atoms with Crippen molar-refractivity contribution in [3.05, 3.63) is 82.7 Å². The van der Waals surface area contributed by atoms with Crippen LogP contribution in [0.2, 0.25) is 0 Å².